The van der Waals surface area contributed by atoms with Gasteiger partial charge in [0.25, 0.3) is 0 Å². The summed E-state index contributed by atoms with van der Waals surface area (Å²) in [6.45, 7) is -0.281. The molecular weight excluding hydrogens is 350 g/mol. The Morgan fingerprint density at radius 1 is 1.11 bits per heavy atom. The first kappa shape index (κ1) is 18.3. The lowest BCUT2D eigenvalue weighted by Gasteiger charge is -2.12. The Balaban J connectivity index is 1.76. The van der Waals surface area contributed by atoms with Crippen LogP contribution in [-0.4, -0.2) is 32.6 Å². The van der Waals surface area contributed by atoms with Crippen LogP contribution >= 0.6 is 0 Å². The number of para-hydroxylation sites is 1. The van der Waals surface area contributed by atoms with Gasteiger partial charge in [-0.25, -0.2) is 4.79 Å². The number of rotatable bonds is 7. The summed E-state index contributed by atoms with van der Waals surface area (Å²) in [7, 11) is 3.06. The second kappa shape index (κ2) is 8.27. The molecule has 27 heavy (non-hydrogen) atoms. The molecule has 0 spiro atoms. The Labute approximate surface area is 156 Å². The predicted octanol–water partition coefficient (Wildman–Crippen LogP) is 2.67. The molecule has 0 fully saturated rings. The van der Waals surface area contributed by atoms with Crippen molar-refractivity contribution in [3.8, 4) is 11.5 Å². The summed E-state index contributed by atoms with van der Waals surface area (Å²) in [6, 6.07) is 14.3. The first-order valence-corrected chi connectivity index (χ1v) is 8.22. The standard InChI is InChI=1S/C20H19NO6/c1-24-15-8-9-17(25-2)13(10-15)11-27-20(23)18-16(22)12-26-19(18)21-14-6-4-3-5-7-14/h3-10,21H,11-12H2,1-2H3. The summed E-state index contributed by atoms with van der Waals surface area (Å²) in [5.41, 5.74) is 1.18. The Bertz CT molecular complexity index is 875. The lowest BCUT2D eigenvalue weighted by Crippen LogP contribution is -2.16. The maximum atomic E-state index is 12.5. The number of hydrogen-bond acceptors (Lipinski definition) is 7. The number of Topliss-reactive ketones (excluding diaryl/α,β-unsaturated/α-hetero) is 1. The van der Waals surface area contributed by atoms with Crippen LogP contribution in [0.2, 0.25) is 0 Å². The third-order valence-corrected chi connectivity index (χ3v) is 3.94. The molecule has 0 saturated heterocycles. The highest BCUT2D eigenvalue weighted by Gasteiger charge is 2.32. The predicted molar refractivity (Wildman–Crippen MR) is 97.4 cm³/mol. The van der Waals surface area contributed by atoms with Gasteiger partial charge in [-0.05, 0) is 30.3 Å². The summed E-state index contributed by atoms with van der Waals surface area (Å²) >= 11 is 0. The van der Waals surface area contributed by atoms with Crippen LogP contribution in [0.3, 0.4) is 0 Å². The zero-order valence-corrected chi connectivity index (χ0v) is 15.0. The monoisotopic (exact) mass is 369 g/mol. The number of anilines is 1. The molecule has 0 atom stereocenters. The van der Waals surface area contributed by atoms with Crippen LogP contribution in [0.25, 0.3) is 0 Å². The number of methoxy groups -OCH3 is 2. The topological polar surface area (TPSA) is 83.1 Å². The van der Waals surface area contributed by atoms with Gasteiger partial charge in [-0.15, -0.1) is 0 Å². The number of esters is 1. The SMILES string of the molecule is COc1ccc(OC)c(COC(=O)C2=C(Nc3ccccc3)OCC2=O)c1. The van der Waals surface area contributed by atoms with Gasteiger partial charge in [0.2, 0.25) is 11.7 Å². The van der Waals surface area contributed by atoms with Crippen LogP contribution in [0.15, 0.2) is 60.0 Å². The quantitative estimate of drug-likeness (QED) is 0.593. The Morgan fingerprint density at radius 3 is 2.59 bits per heavy atom. The van der Waals surface area contributed by atoms with Crippen LogP contribution in [0, 0.1) is 0 Å². The van der Waals surface area contributed by atoms with E-state index >= 15 is 0 Å². The van der Waals surface area contributed by atoms with Gasteiger partial charge >= 0.3 is 5.97 Å². The molecule has 1 N–H and O–H groups in total. The second-order valence-electron chi connectivity index (χ2n) is 5.66. The fourth-order valence-corrected chi connectivity index (χ4v) is 2.58. The lowest BCUT2D eigenvalue weighted by atomic mass is 10.2. The van der Waals surface area contributed by atoms with Gasteiger partial charge in [-0.2, -0.15) is 0 Å². The molecule has 0 amide bonds. The highest BCUT2D eigenvalue weighted by Crippen LogP contribution is 2.26. The average Bonchev–Trinajstić information content (AvgIpc) is 3.06. The summed E-state index contributed by atoms with van der Waals surface area (Å²) < 4.78 is 21.1. The molecule has 1 aliphatic rings. The largest absolute Gasteiger partial charge is 0.497 e. The summed E-state index contributed by atoms with van der Waals surface area (Å²) in [4.78, 5) is 24.6. The van der Waals surface area contributed by atoms with Crippen LogP contribution in [0.1, 0.15) is 5.56 Å². The van der Waals surface area contributed by atoms with Gasteiger partial charge in [-0.3, -0.25) is 4.79 Å². The van der Waals surface area contributed by atoms with Crippen molar-refractivity contribution in [1.29, 1.82) is 0 Å². The third kappa shape index (κ3) is 4.20. The third-order valence-electron chi connectivity index (χ3n) is 3.94. The van der Waals surface area contributed by atoms with Gasteiger partial charge in [0.05, 0.1) is 14.2 Å². The van der Waals surface area contributed by atoms with E-state index in [4.69, 9.17) is 18.9 Å². The molecule has 0 aliphatic carbocycles. The minimum atomic E-state index is -0.763. The molecular formula is C20H19NO6. The van der Waals surface area contributed by atoms with Gasteiger partial charge < -0.3 is 24.3 Å². The van der Waals surface area contributed by atoms with E-state index < -0.39 is 11.8 Å². The average molecular weight is 369 g/mol. The molecule has 1 aliphatic heterocycles. The highest BCUT2D eigenvalue weighted by atomic mass is 16.5. The van der Waals surface area contributed by atoms with Crippen molar-refractivity contribution in [2.45, 2.75) is 6.61 Å². The molecule has 0 radical (unpaired) electrons. The van der Waals surface area contributed by atoms with Crippen molar-refractivity contribution in [3.63, 3.8) is 0 Å². The molecule has 3 rings (SSSR count). The maximum Gasteiger partial charge on any atom is 0.347 e. The van der Waals surface area contributed by atoms with Crippen LogP contribution in [-0.2, 0) is 25.7 Å². The summed E-state index contributed by atoms with van der Waals surface area (Å²) in [5.74, 6) is 0.0487. The minimum Gasteiger partial charge on any atom is -0.497 e. The second-order valence-corrected chi connectivity index (χ2v) is 5.66. The summed E-state index contributed by atoms with van der Waals surface area (Å²) in [6.07, 6.45) is 0. The van der Waals surface area contributed by atoms with Crippen molar-refractivity contribution < 1.29 is 28.5 Å². The summed E-state index contributed by atoms with van der Waals surface area (Å²) in [5, 5.41) is 2.93. The van der Waals surface area contributed by atoms with Gasteiger partial charge in [0, 0.05) is 11.3 Å². The number of carbonyl (C=O) groups is 2. The van der Waals surface area contributed by atoms with Crippen molar-refractivity contribution in [1.82, 2.24) is 0 Å². The van der Waals surface area contributed by atoms with Gasteiger partial charge in [0.1, 0.15) is 18.1 Å². The number of benzene rings is 2. The molecule has 1 heterocycles. The number of ketones is 1. The van der Waals surface area contributed by atoms with E-state index in [0.717, 1.165) is 0 Å². The normalized spacial score (nSPS) is 13.2. The van der Waals surface area contributed by atoms with Crippen LogP contribution < -0.4 is 14.8 Å². The number of ether oxygens (including phenoxy) is 4. The van der Waals surface area contributed by atoms with Crippen molar-refractivity contribution in [3.05, 3.63) is 65.6 Å². The molecule has 2 aromatic carbocycles. The molecule has 7 nitrogen and oxygen atoms in total. The molecule has 140 valence electrons. The Kier molecular flexibility index (Phi) is 5.61. The van der Waals surface area contributed by atoms with Crippen molar-refractivity contribution in [2.24, 2.45) is 0 Å². The van der Waals surface area contributed by atoms with E-state index in [9.17, 15) is 9.59 Å². The molecule has 0 aromatic heterocycles. The molecule has 7 heteroatoms. The molecule has 0 bridgehead atoms. The van der Waals surface area contributed by atoms with Gasteiger partial charge in [-0.1, -0.05) is 18.2 Å². The zero-order chi connectivity index (χ0) is 19.2. The van der Waals surface area contributed by atoms with E-state index in [1.807, 2.05) is 18.2 Å². The Hall–Kier alpha value is -3.48. The number of carbonyl (C=O) groups excluding carboxylic acids is 2. The highest BCUT2D eigenvalue weighted by molar-refractivity contribution is 6.19. The van der Waals surface area contributed by atoms with Crippen LogP contribution in [0.5, 0.6) is 11.5 Å². The molecule has 2 aromatic rings. The van der Waals surface area contributed by atoms with Crippen molar-refractivity contribution >= 4 is 17.4 Å². The maximum absolute atomic E-state index is 12.5. The first-order valence-electron chi connectivity index (χ1n) is 8.22. The minimum absolute atomic E-state index is 0.0748. The number of hydrogen-bond donors (Lipinski definition) is 1. The molecule has 0 saturated carbocycles. The zero-order valence-electron chi connectivity index (χ0n) is 15.0. The van der Waals surface area contributed by atoms with E-state index in [2.05, 4.69) is 5.32 Å². The fraction of sp³-hybridized carbons (Fsp3) is 0.200. The van der Waals surface area contributed by atoms with E-state index in [0.29, 0.717) is 22.7 Å². The van der Waals surface area contributed by atoms with E-state index in [1.165, 1.54) is 7.11 Å². The lowest BCUT2D eigenvalue weighted by molar-refractivity contribution is -0.141. The smallest absolute Gasteiger partial charge is 0.347 e. The first-order chi connectivity index (χ1) is 13.1. The fourth-order valence-electron chi connectivity index (χ4n) is 2.58. The van der Waals surface area contributed by atoms with Crippen LogP contribution in [0.4, 0.5) is 5.69 Å². The number of nitrogens with one attached hydrogen (secondary N) is 1. The van der Waals surface area contributed by atoms with Gasteiger partial charge in [0.15, 0.2) is 12.2 Å². The Morgan fingerprint density at radius 2 is 1.89 bits per heavy atom. The van der Waals surface area contributed by atoms with Crippen molar-refractivity contribution in [2.75, 3.05) is 26.1 Å². The molecule has 0 unspecified atom stereocenters. The van der Waals surface area contributed by atoms with E-state index in [1.54, 1.807) is 37.4 Å². The van der Waals surface area contributed by atoms with E-state index in [-0.39, 0.29) is 24.7 Å².